The van der Waals surface area contributed by atoms with Gasteiger partial charge >= 0.3 is 0 Å². The summed E-state index contributed by atoms with van der Waals surface area (Å²) < 4.78 is 0. The van der Waals surface area contributed by atoms with Gasteiger partial charge in [0.05, 0.1) is 10.0 Å². The maximum Gasteiger partial charge on any atom is 0.0595 e. The molecule has 0 bridgehead atoms. The summed E-state index contributed by atoms with van der Waals surface area (Å²) in [6.07, 6.45) is 0.997. The third-order valence-corrected chi connectivity index (χ3v) is 6.42. The third kappa shape index (κ3) is 4.95. The molecule has 4 rings (SSSR count). The zero-order valence-corrected chi connectivity index (χ0v) is 18.3. The molecule has 0 radical (unpaired) electrons. The molecule has 1 aliphatic rings. The maximum absolute atomic E-state index is 6.14. The fraction of sp³-hybridized carbons (Fsp3) is 0.280. The van der Waals surface area contributed by atoms with Crippen LogP contribution >= 0.6 is 23.2 Å². The average molecular weight is 425 g/mol. The van der Waals surface area contributed by atoms with E-state index in [9.17, 15) is 0 Å². The number of nitrogens with zero attached hydrogens (tertiary/aromatic N) is 2. The van der Waals surface area contributed by atoms with Crippen molar-refractivity contribution in [2.24, 2.45) is 0 Å². The van der Waals surface area contributed by atoms with E-state index in [4.69, 9.17) is 23.2 Å². The number of benzene rings is 3. The molecule has 1 heterocycles. The Labute approximate surface area is 183 Å². The highest BCUT2D eigenvalue weighted by Crippen LogP contribution is 2.31. The van der Waals surface area contributed by atoms with Crippen LogP contribution in [0.1, 0.15) is 11.1 Å². The lowest BCUT2D eigenvalue weighted by molar-refractivity contribution is 0.261. The van der Waals surface area contributed by atoms with Crippen LogP contribution in [0.15, 0.2) is 66.7 Å². The van der Waals surface area contributed by atoms with Crippen LogP contribution in [0.2, 0.25) is 10.0 Å². The van der Waals surface area contributed by atoms with Crippen molar-refractivity contribution in [3.05, 3.63) is 87.9 Å². The summed E-state index contributed by atoms with van der Waals surface area (Å²) in [5.41, 5.74) is 6.47. The number of halogens is 2. The quantitative estimate of drug-likeness (QED) is 0.471. The van der Waals surface area contributed by atoms with Gasteiger partial charge in [0.25, 0.3) is 0 Å². The molecule has 1 fully saturated rings. The predicted octanol–water partition coefficient (Wildman–Crippen LogP) is 6.33. The molecular weight excluding hydrogens is 399 g/mol. The Morgan fingerprint density at radius 1 is 0.793 bits per heavy atom. The van der Waals surface area contributed by atoms with Gasteiger partial charge in [0, 0.05) is 44.0 Å². The molecule has 0 amide bonds. The molecule has 0 atom stereocenters. The molecule has 1 saturated heterocycles. The molecule has 0 spiro atoms. The van der Waals surface area contributed by atoms with Crippen molar-refractivity contribution in [1.29, 1.82) is 0 Å². The number of rotatable bonds is 5. The van der Waals surface area contributed by atoms with Crippen molar-refractivity contribution in [2.75, 3.05) is 37.6 Å². The molecule has 4 heteroatoms. The average Bonchev–Trinajstić information content (AvgIpc) is 2.76. The lowest BCUT2D eigenvalue weighted by Crippen LogP contribution is -2.47. The van der Waals surface area contributed by atoms with Crippen molar-refractivity contribution < 1.29 is 0 Å². The third-order valence-electron chi connectivity index (χ3n) is 5.68. The monoisotopic (exact) mass is 424 g/mol. The summed E-state index contributed by atoms with van der Waals surface area (Å²) in [7, 11) is 0. The first kappa shape index (κ1) is 20.3. The van der Waals surface area contributed by atoms with Crippen LogP contribution in [0, 0.1) is 6.92 Å². The van der Waals surface area contributed by atoms with Gasteiger partial charge in [0.2, 0.25) is 0 Å². The van der Waals surface area contributed by atoms with Gasteiger partial charge in [-0.05, 0) is 42.7 Å². The molecule has 3 aromatic rings. The van der Waals surface area contributed by atoms with E-state index in [1.165, 1.54) is 27.9 Å². The molecule has 150 valence electrons. The van der Waals surface area contributed by atoms with E-state index in [0.717, 1.165) is 39.1 Å². The second-order valence-electron chi connectivity index (χ2n) is 7.71. The van der Waals surface area contributed by atoms with E-state index in [1.807, 2.05) is 12.1 Å². The molecular formula is C25H26Cl2N2. The van der Waals surface area contributed by atoms with E-state index in [0.29, 0.717) is 10.0 Å². The summed E-state index contributed by atoms with van der Waals surface area (Å²) in [5.74, 6) is 0. The lowest BCUT2D eigenvalue weighted by Gasteiger charge is -2.37. The molecule has 0 aromatic heterocycles. The molecule has 29 heavy (non-hydrogen) atoms. The number of aryl methyl sites for hydroxylation is 1. The molecule has 0 unspecified atom stereocenters. The molecule has 0 N–H and O–H groups in total. The largest absolute Gasteiger partial charge is 0.368 e. The van der Waals surface area contributed by atoms with Gasteiger partial charge in [-0.3, -0.25) is 4.90 Å². The molecule has 2 nitrogen and oxygen atoms in total. The van der Waals surface area contributed by atoms with Crippen molar-refractivity contribution in [2.45, 2.75) is 13.3 Å². The van der Waals surface area contributed by atoms with E-state index in [1.54, 1.807) is 0 Å². The van der Waals surface area contributed by atoms with E-state index in [-0.39, 0.29) is 0 Å². The number of hydrogen-bond acceptors (Lipinski definition) is 2. The molecule has 0 saturated carbocycles. The number of hydrogen-bond donors (Lipinski definition) is 0. The maximum atomic E-state index is 6.14. The first-order valence-corrected chi connectivity index (χ1v) is 10.9. The minimum Gasteiger partial charge on any atom is -0.368 e. The summed E-state index contributed by atoms with van der Waals surface area (Å²) in [4.78, 5) is 5.05. The fourth-order valence-electron chi connectivity index (χ4n) is 3.92. The Hall–Kier alpha value is -2.00. The molecule has 0 aliphatic carbocycles. The van der Waals surface area contributed by atoms with Crippen LogP contribution in [0.3, 0.4) is 0 Å². The minimum atomic E-state index is 0.622. The highest BCUT2D eigenvalue weighted by atomic mass is 35.5. The second-order valence-corrected chi connectivity index (χ2v) is 8.52. The van der Waals surface area contributed by atoms with Crippen LogP contribution in [-0.4, -0.2) is 37.6 Å². The first-order valence-electron chi connectivity index (χ1n) is 10.2. The molecule has 3 aromatic carbocycles. The summed E-state index contributed by atoms with van der Waals surface area (Å²) in [5, 5.41) is 1.26. The van der Waals surface area contributed by atoms with Gasteiger partial charge in [-0.1, -0.05) is 77.3 Å². The number of para-hydroxylation sites is 1. The minimum absolute atomic E-state index is 0.622. The Kier molecular flexibility index (Phi) is 6.44. The highest BCUT2D eigenvalue weighted by Gasteiger charge is 2.19. The summed E-state index contributed by atoms with van der Waals surface area (Å²) in [6, 6.07) is 23.5. The van der Waals surface area contributed by atoms with E-state index < -0.39 is 0 Å². The molecule has 1 aliphatic heterocycles. The number of piperazine rings is 1. The van der Waals surface area contributed by atoms with Crippen LogP contribution in [0.25, 0.3) is 11.1 Å². The Morgan fingerprint density at radius 2 is 1.52 bits per heavy atom. The highest BCUT2D eigenvalue weighted by molar-refractivity contribution is 6.42. The van der Waals surface area contributed by atoms with Crippen molar-refractivity contribution >= 4 is 28.9 Å². The van der Waals surface area contributed by atoms with Crippen molar-refractivity contribution in [1.82, 2.24) is 4.90 Å². The van der Waals surface area contributed by atoms with E-state index >= 15 is 0 Å². The van der Waals surface area contributed by atoms with Gasteiger partial charge < -0.3 is 4.90 Å². The zero-order chi connectivity index (χ0) is 20.2. The fourth-order valence-corrected chi connectivity index (χ4v) is 4.24. The van der Waals surface area contributed by atoms with Crippen LogP contribution in [0.5, 0.6) is 0 Å². The second kappa shape index (κ2) is 9.21. The summed E-state index contributed by atoms with van der Waals surface area (Å²) >= 11 is 12.2. The van der Waals surface area contributed by atoms with E-state index in [2.05, 4.69) is 71.3 Å². The Balaban J connectivity index is 1.38. The first-order chi connectivity index (χ1) is 14.1. The van der Waals surface area contributed by atoms with Crippen LogP contribution < -0.4 is 4.90 Å². The number of anilines is 1. The Bertz CT molecular complexity index is 961. The smallest absolute Gasteiger partial charge is 0.0595 e. The topological polar surface area (TPSA) is 6.48 Å². The zero-order valence-electron chi connectivity index (χ0n) is 16.7. The van der Waals surface area contributed by atoms with Gasteiger partial charge in [0.1, 0.15) is 0 Å². The van der Waals surface area contributed by atoms with Gasteiger partial charge in [-0.2, -0.15) is 0 Å². The standard InChI is InChI=1S/C25H26Cl2N2/c1-19-6-9-21(10-7-19)22-4-2-3-5-25(22)29-16-14-28(15-17-29)13-12-20-8-11-23(26)24(27)18-20/h2-11,18H,12-17H2,1H3. The van der Waals surface area contributed by atoms with Gasteiger partial charge in [-0.15, -0.1) is 0 Å². The van der Waals surface area contributed by atoms with Gasteiger partial charge in [0.15, 0.2) is 0 Å². The Morgan fingerprint density at radius 3 is 2.24 bits per heavy atom. The normalized spacial score (nSPS) is 14.9. The SMILES string of the molecule is Cc1ccc(-c2ccccc2N2CCN(CCc3ccc(Cl)c(Cl)c3)CC2)cc1. The van der Waals surface area contributed by atoms with Crippen LogP contribution in [0.4, 0.5) is 5.69 Å². The van der Waals surface area contributed by atoms with Gasteiger partial charge in [-0.25, -0.2) is 0 Å². The summed E-state index contributed by atoms with van der Waals surface area (Å²) in [6.45, 7) is 7.42. The van der Waals surface area contributed by atoms with Crippen LogP contribution in [-0.2, 0) is 6.42 Å². The lowest BCUT2D eigenvalue weighted by atomic mass is 10.0. The van der Waals surface area contributed by atoms with Crippen molar-refractivity contribution in [3.8, 4) is 11.1 Å². The predicted molar refractivity (Wildman–Crippen MR) is 125 cm³/mol. The van der Waals surface area contributed by atoms with Crippen molar-refractivity contribution in [3.63, 3.8) is 0 Å².